The predicted octanol–water partition coefficient (Wildman–Crippen LogP) is -1.03. The van der Waals surface area contributed by atoms with E-state index < -0.39 is 9.84 Å². The van der Waals surface area contributed by atoms with Gasteiger partial charge in [-0.25, -0.2) is 8.42 Å². The zero-order valence-electron chi connectivity index (χ0n) is 10.6. The van der Waals surface area contributed by atoms with E-state index >= 15 is 0 Å². The molecule has 0 aromatic rings. The van der Waals surface area contributed by atoms with Crippen molar-refractivity contribution in [3.05, 3.63) is 0 Å². The molecule has 2 atom stereocenters. The van der Waals surface area contributed by atoms with Crippen LogP contribution in [0.3, 0.4) is 0 Å². The first-order chi connectivity index (χ1) is 7.96. The highest BCUT2D eigenvalue weighted by atomic mass is 32.2. The van der Waals surface area contributed by atoms with Gasteiger partial charge in [0.25, 0.3) is 0 Å². The number of ether oxygens (including phenoxy) is 1. The molecule has 1 saturated heterocycles. The van der Waals surface area contributed by atoms with Crippen LogP contribution in [0.15, 0.2) is 0 Å². The molecule has 3 N–H and O–H groups in total. The van der Waals surface area contributed by atoms with Gasteiger partial charge in [0.05, 0.1) is 18.5 Å². The molecule has 1 aliphatic rings. The lowest BCUT2D eigenvalue weighted by molar-refractivity contribution is -0.0452. The fourth-order valence-electron chi connectivity index (χ4n) is 1.98. The van der Waals surface area contributed by atoms with Crippen molar-refractivity contribution < 1.29 is 13.2 Å². The Morgan fingerprint density at radius 2 is 2.29 bits per heavy atom. The number of nitrogens with zero attached hydrogens (tertiary/aromatic N) is 1. The van der Waals surface area contributed by atoms with Gasteiger partial charge in [0, 0.05) is 25.4 Å². The van der Waals surface area contributed by atoms with Gasteiger partial charge in [-0.3, -0.25) is 16.2 Å². The number of likely N-dealkylation sites (N-methyl/N-ethyl adjacent to an activating group) is 1. The van der Waals surface area contributed by atoms with Crippen molar-refractivity contribution in [3.63, 3.8) is 0 Å². The maximum Gasteiger partial charge on any atom is 0.147 e. The molecule has 17 heavy (non-hydrogen) atoms. The minimum Gasteiger partial charge on any atom is -0.374 e. The second kappa shape index (κ2) is 6.65. The fourth-order valence-corrected chi connectivity index (χ4v) is 2.66. The molecule has 0 bridgehead atoms. The van der Waals surface area contributed by atoms with Gasteiger partial charge in [0.15, 0.2) is 0 Å². The molecule has 0 aromatic carbocycles. The molecule has 7 heteroatoms. The number of sulfone groups is 1. The molecule has 1 fully saturated rings. The molecule has 1 aliphatic heterocycles. The topological polar surface area (TPSA) is 84.7 Å². The molecule has 0 spiro atoms. The van der Waals surface area contributed by atoms with Crippen molar-refractivity contribution in [1.29, 1.82) is 0 Å². The SMILES string of the molecule is CCN1CCOC(C(CCS(C)(=O)=O)NN)C1. The van der Waals surface area contributed by atoms with Crippen LogP contribution in [0, 0.1) is 0 Å². The highest BCUT2D eigenvalue weighted by molar-refractivity contribution is 7.90. The summed E-state index contributed by atoms with van der Waals surface area (Å²) in [4.78, 5) is 2.28. The monoisotopic (exact) mass is 265 g/mol. The summed E-state index contributed by atoms with van der Waals surface area (Å²) in [5.74, 6) is 5.61. The number of nitrogens with one attached hydrogen (secondary N) is 1. The number of hydrogen-bond acceptors (Lipinski definition) is 6. The molecule has 0 amide bonds. The number of hydrogen-bond donors (Lipinski definition) is 2. The lowest BCUT2D eigenvalue weighted by atomic mass is 10.1. The van der Waals surface area contributed by atoms with Crippen LogP contribution >= 0.6 is 0 Å². The first-order valence-electron chi connectivity index (χ1n) is 5.94. The lowest BCUT2D eigenvalue weighted by Crippen LogP contribution is -2.54. The van der Waals surface area contributed by atoms with Gasteiger partial charge in [-0.2, -0.15) is 0 Å². The lowest BCUT2D eigenvalue weighted by Gasteiger charge is -2.36. The summed E-state index contributed by atoms with van der Waals surface area (Å²) in [7, 11) is -2.95. The minimum absolute atomic E-state index is 0.0320. The Morgan fingerprint density at radius 3 is 2.82 bits per heavy atom. The van der Waals surface area contributed by atoms with E-state index in [4.69, 9.17) is 10.6 Å². The molecular weight excluding hydrogens is 242 g/mol. The number of nitrogens with two attached hydrogens (primary N) is 1. The normalized spacial score (nSPS) is 24.8. The Hall–Kier alpha value is -0.210. The summed E-state index contributed by atoms with van der Waals surface area (Å²) in [6, 6.07) is -0.112. The van der Waals surface area contributed by atoms with E-state index in [1.165, 1.54) is 6.26 Å². The van der Waals surface area contributed by atoms with E-state index in [1.807, 2.05) is 0 Å². The van der Waals surface area contributed by atoms with E-state index in [-0.39, 0.29) is 17.9 Å². The van der Waals surface area contributed by atoms with Crippen molar-refractivity contribution >= 4 is 9.84 Å². The maximum absolute atomic E-state index is 11.1. The van der Waals surface area contributed by atoms with E-state index in [0.717, 1.165) is 19.6 Å². The smallest absolute Gasteiger partial charge is 0.147 e. The molecule has 2 unspecified atom stereocenters. The fraction of sp³-hybridized carbons (Fsp3) is 1.00. The maximum atomic E-state index is 11.1. The van der Waals surface area contributed by atoms with Gasteiger partial charge in [-0.15, -0.1) is 0 Å². The van der Waals surface area contributed by atoms with Crippen LogP contribution in [-0.4, -0.2) is 63.7 Å². The zero-order valence-corrected chi connectivity index (χ0v) is 11.4. The molecule has 6 nitrogen and oxygen atoms in total. The standard InChI is InChI=1S/C10H23N3O3S/c1-3-13-5-6-16-10(8-13)9(12-11)4-7-17(2,14)15/h9-10,12H,3-8,11H2,1-2H3. The van der Waals surface area contributed by atoms with Gasteiger partial charge in [0.1, 0.15) is 9.84 Å². The summed E-state index contributed by atoms with van der Waals surface area (Å²) in [5, 5.41) is 0. The third-order valence-corrected chi connectivity index (χ3v) is 4.06. The summed E-state index contributed by atoms with van der Waals surface area (Å²) in [5.41, 5.74) is 2.67. The van der Waals surface area contributed by atoms with Gasteiger partial charge in [-0.05, 0) is 13.0 Å². The highest BCUT2D eigenvalue weighted by Crippen LogP contribution is 2.11. The first-order valence-corrected chi connectivity index (χ1v) is 8.00. The van der Waals surface area contributed by atoms with Crippen molar-refractivity contribution in [1.82, 2.24) is 10.3 Å². The summed E-state index contributed by atoms with van der Waals surface area (Å²) in [6.07, 6.45) is 1.69. The van der Waals surface area contributed by atoms with Gasteiger partial charge in [-0.1, -0.05) is 6.92 Å². The zero-order chi connectivity index (χ0) is 12.9. The Labute approximate surface area is 103 Å². The Morgan fingerprint density at radius 1 is 1.59 bits per heavy atom. The van der Waals surface area contributed by atoms with E-state index in [2.05, 4.69) is 17.2 Å². The third kappa shape index (κ3) is 5.31. The van der Waals surface area contributed by atoms with Crippen LogP contribution in [0.4, 0.5) is 0 Å². The quantitative estimate of drug-likeness (QED) is 0.472. The molecule has 1 rings (SSSR count). The Bertz CT molecular complexity index is 321. The van der Waals surface area contributed by atoms with Gasteiger partial charge >= 0.3 is 0 Å². The van der Waals surface area contributed by atoms with E-state index in [9.17, 15) is 8.42 Å². The second-order valence-electron chi connectivity index (χ2n) is 4.49. The molecule has 102 valence electrons. The van der Waals surface area contributed by atoms with Crippen LogP contribution in [0.5, 0.6) is 0 Å². The minimum atomic E-state index is -2.95. The average molecular weight is 265 g/mol. The van der Waals surface area contributed by atoms with Crippen molar-refractivity contribution in [2.45, 2.75) is 25.5 Å². The number of hydrazine groups is 1. The number of rotatable bonds is 6. The Balaban J connectivity index is 2.48. The first kappa shape index (κ1) is 14.8. The molecule has 0 radical (unpaired) electrons. The predicted molar refractivity (Wildman–Crippen MR) is 67.3 cm³/mol. The summed E-state index contributed by atoms with van der Waals surface area (Å²) >= 11 is 0. The third-order valence-electron chi connectivity index (χ3n) is 3.09. The van der Waals surface area contributed by atoms with E-state index in [0.29, 0.717) is 13.0 Å². The van der Waals surface area contributed by atoms with Crippen molar-refractivity contribution in [3.8, 4) is 0 Å². The molecule has 1 heterocycles. The number of morpholine rings is 1. The van der Waals surface area contributed by atoms with Crippen LogP contribution in [0.25, 0.3) is 0 Å². The van der Waals surface area contributed by atoms with E-state index in [1.54, 1.807) is 0 Å². The van der Waals surface area contributed by atoms with Gasteiger partial charge in [0.2, 0.25) is 0 Å². The molecular formula is C10H23N3O3S. The molecule has 0 aliphatic carbocycles. The largest absolute Gasteiger partial charge is 0.374 e. The van der Waals surface area contributed by atoms with Crippen LogP contribution in [0.2, 0.25) is 0 Å². The highest BCUT2D eigenvalue weighted by Gasteiger charge is 2.27. The average Bonchev–Trinajstić information content (AvgIpc) is 2.29. The summed E-state index contributed by atoms with van der Waals surface area (Å²) < 4.78 is 27.9. The molecule has 0 aromatic heterocycles. The van der Waals surface area contributed by atoms with Crippen LogP contribution in [-0.2, 0) is 14.6 Å². The summed E-state index contributed by atoms with van der Waals surface area (Å²) in [6.45, 7) is 5.48. The molecule has 0 saturated carbocycles. The van der Waals surface area contributed by atoms with Crippen molar-refractivity contribution in [2.75, 3.05) is 38.2 Å². The van der Waals surface area contributed by atoms with Crippen LogP contribution in [0.1, 0.15) is 13.3 Å². The van der Waals surface area contributed by atoms with Gasteiger partial charge < -0.3 is 4.74 Å². The second-order valence-corrected chi connectivity index (χ2v) is 6.75. The Kier molecular flexibility index (Phi) is 5.81. The van der Waals surface area contributed by atoms with Crippen LogP contribution < -0.4 is 11.3 Å². The van der Waals surface area contributed by atoms with Crippen molar-refractivity contribution in [2.24, 2.45) is 5.84 Å².